The number of hydrogen-bond donors (Lipinski definition) is 2. The van der Waals surface area contributed by atoms with Gasteiger partial charge >= 0.3 is 21.5 Å². The Balaban J connectivity index is 4.20. The summed E-state index contributed by atoms with van der Waals surface area (Å²) in [4.78, 5) is 10.5. The molecule has 0 saturated heterocycles. The molecule has 14 heavy (non-hydrogen) atoms. The molecule has 1 amide bonds. The van der Waals surface area contributed by atoms with Gasteiger partial charge in [-0.15, -0.1) is 0 Å². The molecule has 0 radical (unpaired) electrons. The number of ether oxygens (including phenoxy) is 1. The molecule has 0 unspecified atom stereocenters. The fourth-order valence-corrected chi connectivity index (χ4v) is 0.627. The molecule has 2 N–H and O–H groups in total. The highest BCUT2D eigenvalue weighted by atomic mass is 32.2. The Hall–Kier alpha value is -0.960. The van der Waals surface area contributed by atoms with E-state index in [1.807, 2.05) is 5.32 Å². The minimum absolute atomic E-state index is 0.149. The molecule has 0 spiro atoms. The first-order valence-corrected chi connectivity index (χ1v) is 4.90. The summed E-state index contributed by atoms with van der Waals surface area (Å²) < 4.78 is 56.6. The molecule has 0 saturated carbocycles. The van der Waals surface area contributed by atoms with Crippen molar-refractivity contribution < 1.29 is 31.3 Å². The first-order valence-electron chi connectivity index (χ1n) is 3.46. The second-order valence-electron chi connectivity index (χ2n) is 2.22. The van der Waals surface area contributed by atoms with E-state index < -0.39 is 28.1 Å². The van der Waals surface area contributed by atoms with Crippen molar-refractivity contribution >= 4 is 16.2 Å². The molecule has 0 aliphatic carbocycles. The van der Waals surface area contributed by atoms with Crippen molar-refractivity contribution in [3.05, 3.63) is 0 Å². The molecule has 0 aromatic carbocycles. The van der Waals surface area contributed by atoms with Crippen molar-refractivity contribution in [2.45, 2.75) is 12.2 Å². The molecule has 0 rings (SSSR count). The van der Waals surface area contributed by atoms with Crippen molar-refractivity contribution in [3.8, 4) is 0 Å². The topological polar surface area (TPSA) is 92.7 Å². The molecule has 0 fully saturated rings. The number of amides is 1. The highest BCUT2D eigenvalue weighted by Gasteiger charge is 2.45. The normalized spacial score (nSPS) is 12.3. The number of nitrogens with one attached hydrogen (secondary N) is 1. The molecule has 9 heteroatoms. The Kier molecular flexibility index (Phi) is 4.20. The van der Waals surface area contributed by atoms with Crippen LogP contribution in [-0.4, -0.2) is 37.5 Å². The summed E-state index contributed by atoms with van der Waals surface area (Å²) in [5.74, 6) is 0. The predicted molar refractivity (Wildman–Crippen MR) is 41.5 cm³/mol. The maximum absolute atomic E-state index is 12.4. The lowest BCUT2D eigenvalue weighted by Crippen LogP contribution is -2.36. The SMILES string of the molecule is CCNC(=O)OCC(F)(F)S(=O)(=O)O. The lowest BCUT2D eigenvalue weighted by Gasteiger charge is -2.12. The molecule has 0 atom stereocenters. The second-order valence-corrected chi connectivity index (χ2v) is 3.77. The number of carbonyl (C=O) groups excluding carboxylic acids is 1. The van der Waals surface area contributed by atoms with Gasteiger partial charge in [0.25, 0.3) is 0 Å². The van der Waals surface area contributed by atoms with Gasteiger partial charge in [0.15, 0.2) is 6.61 Å². The van der Waals surface area contributed by atoms with Crippen molar-refractivity contribution in [3.63, 3.8) is 0 Å². The lowest BCUT2D eigenvalue weighted by molar-refractivity contribution is 0.00754. The van der Waals surface area contributed by atoms with Gasteiger partial charge in [0.2, 0.25) is 0 Å². The van der Waals surface area contributed by atoms with Gasteiger partial charge in [-0.1, -0.05) is 0 Å². The zero-order valence-electron chi connectivity index (χ0n) is 7.16. The summed E-state index contributed by atoms with van der Waals surface area (Å²) >= 11 is 0. The zero-order valence-corrected chi connectivity index (χ0v) is 7.98. The minimum atomic E-state index is -5.55. The first kappa shape index (κ1) is 13.0. The molecule has 0 aliphatic rings. The Morgan fingerprint density at radius 2 is 2.07 bits per heavy atom. The molecule has 0 aromatic heterocycles. The van der Waals surface area contributed by atoms with E-state index in [1.54, 1.807) is 0 Å². The quantitative estimate of drug-likeness (QED) is 0.677. The van der Waals surface area contributed by atoms with E-state index in [0.29, 0.717) is 0 Å². The van der Waals surface area contributed by atoms with Gasteiger partial charge in [-0.3, -0.25) is 4.55 Å². The number of alkyl halides is 2. The number of hydrogen-bond acceptors (Lipinski definition) is 4. The molecule has 0 bridgehead atoms. The van der Waals surface area contributed by atoms with Gasteiger partial charge in [0.1, 0.15) is 0 Å². The third-order valence-corrected chi connectivity index (χ3v) is 1.94. The molecular formula is C5H9F2NO5S. The molecular weight excluding hydrogens is 224 g/mol. The van der Waals surface area contributed by atoms with Crippen LogP contribution in [-0.2, 0) is 14.9 Å². The molecule has 0 aromatic rings. The molecule has 6 nitrogen and oxygen atoms in total. The number of rotatable bonds is 4. The van der Waals surface area contributed by atoms with Gasteiger partial charge in [0.05, 0.1) is 0 Å². The predicted octanol–water partition coefficient (Wildman–Crippen LogP) is 0.213. The molecule has 0 heterocycles. The molecule has 0 aliphatic heterocycles. The van der Waals surface area contributed by atoms with Crippen molar-refractivity contribution in [1.82, 2.24) is 5.32 Å². The van der Waals surface area contributed by atoms with Gasteiger partial charge in [-0.05, 0) is 6.92 Å². The van der Waals surface area contributed by atoms with Crippen LogP contribution in [0, 0.1) is 0 Å². The van der Waals surface area contributed by atoms with Crippen LogP contribution in [0.5, 0.6) is 0 Å². The van der Waals surface area contributed by atoms with Crippen molar-refractivity contribution in [2.75, 3.05) is 13.2 Å². The molecule has 84 valence electrons. The maximum Gasteiger partial charge on any atom is 0.407 e. The Bertz CT molecular complexity index is 301. The van der Waals surface area contributed by atoms with E-state index in [-0.39, 0.29) is 6.54 Å². The van der Waals surface area contributed by atoms with E-state index in [1.165, 1.54) is 6.92 Å². The van der Waals surface area contributed by atoms with Crippen LogP contribution in [0.2, 0.25) is 0 Å². The summed E-state index contributed by atoms with van der Waals surface area (Å²) in [5, 5.41) is -2.49. The summed E-state index contributed by atoms with van der Waals surface area (Å²) in [6, 6.07) is 0. The monoisotopic (exact) mass is 233 g/mol. The summed E-state index contributed by atoms with van der Waals surface area (Å²) in [7, 11) is -5.55. The summed E-state index contributed by atoms with van der Waals surface area (Å²) in [5.41, 5.74) is 0. The van der Waals surface area contributed by atoms with E-state index in [2.05, 4.69) is 4.74 Å². The minimum Gasteiger partial charge on any atom is -0.442 e. The van der Waals surface area contributed by atoms with Crippen molar-refractivity contribution in [1.29, 1.82) is 0 Å². The van der Waals surface area contributed by atoms with Crippen LogP contribution in [0.3, 0.4) is 0 Å². The Morgan fingerprint density at radius 3 is 2.43 bits per heavy atom. The van der Waals surface area contributed by atoms with Crippen LogP contribution >= 0.6 is 0 Å². The summed E-state index contributed by atoms with van der Waals surface area (Å²) in [6.07, 6.45) is -1.18. The highest BCUT2D eigenvalue weighted by molar-refractivity contribution is 7.86. The van der Waals surface area contributed by atoms with Crippen LogP contribution < -0.4 is 5.32 Å². The van der Waals surface area contributed by atoms with Crippen LogP contribution in [0.25, 0.3) is 0 Å². The largest absolute Gasteiger partial charge is 0.442 e. The number of halogens is 2. The van der Waals surface area contributed by atoms with E-state index >= 15 is 0 Å². The van der Waals surface area contributed by atoms with Gasteiger partial charge < -0.3 is 10.1 Å². The number of alkyl carbamates (subject to hydrolysis) is 1. The summed E-state index contributed by atoms with van der Waals surface area (Å²) in [6.45, 7) is -0.0594. The van der Waals surface area contributed by atoms with Gasteiger partial charge in [-0.2, -0.15) is 17.2 Å². The smallest absolute Gasteiger partial charge is 0.407 e. The fourth-order valence-electron chi connectivity index (χ4n) is 0.419. The third-order valence-electron chi connectivity index (χ3n) is 1.07. The van der Waals surface area contributed by atoms with Crippen LogP contribution in [0.4, 0.5) is 13.6 Å². The van der Waals surface area contributed by atoms with E-state index in [0.717, 1.165) is 0 Å². The van der Waals surface area contributed by atoms with Gasteiger partial charge in [0, 0.05) is 6.54 Å². The standard InChI is InChI=1S/C5H9F2NO5S/c1-2-8-4(9)13-3-5(6,7)14(10,11)12/h2-3H2,1H3,(H,8,9)(H,10,11,12). The van der Waals surface area contributed by atoms with E-state index in [4.69, 9.17) is 4.55 Å². The average molecular weight is 233 g/mol. The Labute approximate surface area is 79.0 Å². The van der Waals surface area contributed by atoms with Crippen LogP contribution in [0.1, 0.15) is 6.92 Å². The Morgan fingerprint density at radius 1 is 1.57 bits per heavy atom. The van der Waals surface area contributed by atoms with Crippen molar-refractivity contribution in [2.24, 2.45) is 0 Å². The number of carbonyl (C=O) groups is 1. The van der Waals surface area contributed by atoms with E-state index in [9.17, 15) is 22.0 Å². The highest BCUT2D eigenvalue weighted by Crippen LogP contribution is 2.20. The average Bonchev–Trinajstić information content (AvgIpc) is 1.99. The third kappa shape index (κ3) is 3.83. The second kappa shape index (κ2) is 4.51. The lowest BCUT2D eigenvalue weighted by atomic mass is 10.7. The van der Waals surface area contributed by atoms with Crippen LogP contribution in [0.15, 0.2) is 0 Å². The maximum atomic E-state index is 12.4. The zero-order chi connectivity index (χ0) is 11.4. The fraction of sp³-hybridized carbons (Fsp3) is 0.800. The first-order chi connectivity index (χ1) is 6.20. The van der Waals surface area contributed by atoms with Gasteiger partial charge in [-0.25, -0.2) is 4.79 Å².